The highest BCUT2D eigenvalue weighted by atomic mass is 35.5. The third kappa shape index (κ3) is 4.32. The molecule has 0 N–H and O–H groups in total. The standard InChI is InChI=1S/C29H31ClF2N4O2/c1-17-27(18(2)38-34-17)19-6-8-24-23(15-19)33-28(36(24)20-10-12-29(31,32)13-11-20)25-5-4-14-35(25)21-7-9-26(37-3)22(30)16-21/h6-9,15-16,20,25H,4-5,10-14H2,1-3H3/t25-/m0/s1. The van der Waals surface area contributed by atoms with Crippen LogP contribution >= 0.6 is 11.6 Å². The summed E-state index contributed by atoms with van der Waals surface area (Å²) in [5.41, 5.74) is 5.62. The molecule has 9 heteroatoms. The highest BCUT2D eigenvalue weighted by Gasteiger charge is 2.39. The summed E-state index contributed by atoms with van der Waals surface area (Å²) in [6.07, 6.45) is 2.58. The molecule has 3 heterocycles. The molecule has 1 aliphatic carbocycles. The predicted octanol–water partition coefficient (Wildman–Crippen LogP) is 8.06. The van der Waals surface area contributed by atoms with E-state index in [-0.39, 0.29) is 24.9 Å². The van der Waals surface area contributed by atoms with Crippen LogP contribution in [0.5, 0.6) is 5.75 Å². The summed E-state index contributed by atoms with van der Waals surface area (Å²) in [5.74, 6) is -0.277. The maximum absolute atomic E-state index is 14.1. The second-order valence-corrected chi connectivity index (χ2v) is 10.9. The van der Waals surface area contributed by atoms with E-state index < -0.39 is 5.92 Å². The molecule has 0 bridgehead atoms. The van der Waals surface area contributed by atoms with E-state index in [4.69, 9.17) is 25.8 Å². The summed E-state index contributed by atoms with van der Waals surface area (Å²) in [4.78, 5) is 7.52. The number of anilines is 1. The van der Waals surface area contributed by atoms with Crippen molar-refractivity contribution in [3.63, 3.8) is 0 Å². The average Bonchev–Trinajstić information content (AvgIpc) is 3.60. The third-order valence-corrected chi connectivity index (χ3v) is 8.40. The zero-order valence-corrected chi connectivity index (χ0v) is 22.6. The molecule has 0 amide bonds. The number of imidazole rings is 1. The van der Waals surface area contributed by atoms with E-state index in [9.17, 15) is 8.78 Å². The number of hydrogen-bond donors (Lipinski definition) is 0. The molecule has 2 aromatic carbocycles. The lowest BCUT2D eigenvalue weighted by molar-refractivity contribution is -0.0439. The Morgan fingerprint density at radius 3 is 2.55 bits per heavy atom. The maximum Gasteiger partial charge on any atom is 0.248 e. The van der Waals surface area contributed by atoms with E-state index in [1.165, 1.54) is 0 Å². The molecule has 4 aromatic rings. The highest BCUT2D eigenvalue weighted by molar-refractivity contribution is 6.32. The van der Waals surface area contributed by atoms with E-state index >= 15 is 0 Å². The fraction of sp³-hybridized carbons (Fsp3) is 0.448. The van der Waals surface area contributed by atoms with Gasteiger partial charge in [0.25, 0.3) is 0 Å². The summed E-state index contributed by atoms with van der Waals surface area (Å²) < 4.78 is 41.3. The number of fused-ring (bicyclic) bond motifs is 1. The van der Waals surface area contributed by atoms with Crippen molar-refractivity contribution in [2.24, 2.45) is 0 Å². The van der Waals surface area contributed by atoms with Gasteiger partial charge in [0.1, 0.15) is 17.3 Å². The Hall–Kier alpha value is -3.13. The van der Waals surface area contributed by atoms with Gasteiger partial charge >= 0.3 is 0 Å². The van der Waals surface area contributed by atoms with Gasteiger partial charge in [-0.2, -0.15) is 0 Å². The number of rotatable bonds is 5. The molecule has 38 heavy (non-hydrogen) atoms. The first kappa shape index (κ1) is 25.2. The van der Waals surface area contributed by atoms with Crippen LogP contribution in [0.15, 0.2) is 40.9 Å². The lowest BCUT2D eigenvalue weighted by Gasteiger charge is -2.33. The molecule has 6 nitrogen and oxygen atoms in total. The summed E-state index contributed by atoms with van der Waals surface area (Å²) in [6.45, 7) is 4.70. The van der Waals surface area contributed by atoms with E-state index in [0.717, 1.165) is 64.5 Å². The van der Waals surface area contributed by atoms with Crippen LogP contribution in [-0.2, 0) is 0 Å². The zero-order chi connectivity index (χ0) is 26.6. The number of aromatic nitrogens is 3. The zero-order valence-electron chi connectivity index (χ0n) is 21.8. The lowest BCUT2D eigenvalue weighted by atomic mass is 9.91. The Kier molecular flexibility index (Phi) is 6.33. The molecule has 1 atom stereocenters. The van der Waals surface area contributed by atoms with Crippen molar-refractivity contribution in [1.29, 1.82) is 0 Å². The molecule has 6 rings (SSSR count). The Bertz CT molecular complexity index is 1470. The SMILES string of the molecule is COc1ccc(N2CCC[C@H]2c2nc3cc(-c4c(C)noc4C)ccc3n2C2CCC(F)(F)CC2)cc1Cl. The minimum Gasteiger partial charge on any atom is -0.495 e. The second kappa shape index (κ2) is 9.56. The second-order valence-electron chi connectivity index (χ2n) is 10.5. The van der Waals surface area contributed by atoms with Gasteiger partial charge in [0.15, 0.2) is 0 Å². The molecular formula is C29H31ClF2N4O2. The summed E-state index contributed by atoms with van der Waals surface area (Å²) in [5, 5.41) is 4.67. The predicted molar refractivity (Wildman–Crippen MR) is 144 cm³/mol. The van der Waals surface area contributed by atoms with Crippen LogP contribution in [-0.4, -0.2) is 34.3 Å². The van der Waals surface area contributed by atoms with Gasteiger partial charge in [0.2, 0.25) is 5.92 Å². The molecule has 200 valence electrons. The molecule has 2 aromatic heterocycles. The van der Waals surface area contributed by atoms with Gasteiger partial charge in [0.05, 0.1) is 34.9 Å². The van der Waals surface area contributed by atoms with Gasteiger partial charge in [0, 0.05) is 36.7 Å². The quantitative estimate of drug-likeness (QED) is 0.256. The molecular weight excluding hydrogens is 510 g/mol. The van der Waals surface area contributed by atoms with E-state index in [1.54, 1.807) is 7.11 Å². The number of aryl methyl sites for hydroxylation is 2. The molecule has 0 spiro atoms. The molecule has 1 aliphatic heterocycles. The van der Waals surface area contributed by atoms with Crippen LogP contribution in [0, 0.1) is 13.8 Å². The van der Waals surface area contributed by atoms with E-state index in [2.05, 4.69) is 32.8 Å². The topological polar surface area (TPSA) is 56.3 Å². The summed E-state index contributed by atoms with van der Waals surface area (Å²) in [7, 11) is 1.60. The van der Waals surface area contributed by atoms with Gasteiger partial charge in [-0.05, 0) is 75.4 Å². The van der Waals surface area contributed by atoms with Gasteiger partial charge in [-0.15, -0.1) is 0 Å². The highest BCUT2D eigenvalue weighted by Crippen LogP contribution is 2.45. The molecule has 2 aliphatic rings. The Morgan fingerprint density at radius 2 is 1.87 bits per heavy atom. The molecule has 0 unspecified atom stereocenters. The summed E-state index contributed by atoms with van der Waals surface area (Å²) >= 11 is 6.48. The van der Waals surface area contributed by atoms with Crippen molar-refractivity contribution in [2.45, 2.75) is 70.4 Å². The third-order valence-electron chi connectivity index (χ3n) is 8.11. The van der Waals surface area contributed by atoms with Crippen molar-refractivity contribution in [1.82, 2.24) is 14.7 Å². The van der Waals surface area contributed by atoms with Gasteiger partial charge < -0.3 is 18.7 Å². The molecule has 0 radical (unpaired) electrons. The van der Waals surface area contributed by atoms with Gasteiger partial charge in [-0.3, -0.25) is 0 Å². The van der Waals surface area contributed by atoms with Gasteiger partial charge in [-0.1, -0.05) is 22.8 Å². The first-order chi connectivity index (χ1) is 18.3. The van der Waals surface area contributed by atoms with E-state index in [1.807, 2.05) is 32.0 Å². The van der Waals surface area contributed by atoms with Crippen LogP contribution in [0.4, 0.5) is 14.5 Å². The Balaban J connectivity index is 1.46. The van der Waals surface area contributed by atoms with Crippen LogP contribution in [0.1, 0.15) is 67.9 Å². The van der Waals surface area contributed by atoms with Crippen LogP contribution in [0.25, 0.3) is 22.2 Å². The smallest absolute Gasteiger partial charge is 0.248 e. The van der Waals surface area contributed by atoms with Crippen LogP contribution in [0.3, 0.4) is 0 Å². The first-order valence-corrected chi connectivity index (χ1v) is 13.6. The Labute approximate surface area is 225 Å². The normalized spacial score (nSPS) is 19.9. The van der Waals surface area contributed by atoms with Crippen molar-refractivity contribution in [3.8, 4) is 16.9 Å². The lowest BCUT2D eigenvalue weighted by Crippen LogP contribution is -2.30. The Morgan fingerprint density at radius 1 is 1.08 bits per heavy atom. The van der Waals surface area contributed by atoms with Crippen LogP contribution < -0.4 is 9.64 Å². The number of alkyl halides is 2. The minimum absolute atomic E-state index is 0.0109. The molecule has 1 saturated heterocycles. The summed E-state index contributed by atoms with van der Waals surface area (Å²) in [6, 6.07) is 12.0. The van der Waals surface area contributed by atoms with Crippen LogP contribution in [0.2, 0.25) is 5.02 Å². The van der Waals surface area contributed by atoms with Crippen molar-refractivity contribution in [3.05, 3.63) is 58.7 Å². The largest absolute Gasteiger partial charge is 0.495 e. The number of halogens is 3. The number of benzene rings is 2. The first-order valence-electron chi connectivity index (χ1n) is 13.2. The monoisotopic (exact) mass is 540 g/mol. The maximum atomic E-state index is 14.1. The van der Waals surface area contributed by atoms with Gasteiger partial charge in [-0.25, -0.2) is 13.8 Å². The van der Waals surface area contributed by atoms with E-state index in [0.29, 0.717) is 23.6 Å². The number of ether oxygens (including phenoxy) is 1. The fourth-order valence-electron chi connectivity index (χ4n) is 6.25. The molecule has 1 saturated carbocycles. The number of methoxy groups -OCH3 is 1. The number of nitrogens with zero attached hydrogens (tertiary/aromatic N) is 4. The minimum atomic E-state index is -2.59. The van der Waals surface area contributed by atoms with Crippen molar-refractivity contribution >= 4 is 28.3 Å². The number of hydrogen-bond acceptors (Lipinski definition) is 5. The van der Waals surface area contributed by atoms with Crippen molar-refractivity contribution in [2.75, 3.05) is 18.6 Å². The van der Waals surface area contributed by atoms with Crippen molar-refractivity contribution < 1.29 is 18.0 Å². The molecule has 2 fully saturated rings. The fourth-order valence-corrected chi connectivity index (χ4v) is 6.50. The average molecular weight is 541 g/mol.